The normalized spacial score (nSPS) is 12.1. The molecule has 4 nitrogen and oxygen atoms in total. The van der Waals surface area contributed by atoms with Crippen molar-refractivity contribution in [3.8, 4) is 0 Å². The molecular weight excluding hydrogens is 200 g/mol. The lowest BCUT2D eigenvalue weighted by Crippen LogP contribution is -2.27. The second-order valence-corrected chi connectivity index (χ2v) is 3.68. The van der Waals surface area contributed by atoms with Crippen molar-refractivity contribution in [1.82, 2.24) is 5.32 Å². The van der Waals surface area contributed by atoms with Gasteiger partial charge < -0.3 is 15.8 Å². The Morgan fingerprint density at radius 1 is 1.57 bits per heavy atom. The van der Waals surface area contributed by atoms with E-state index in [0.717, 1.165) is 6.42 Å². The van der Waals surface area contributed by atoms with Crippen molar-refractivity contribution in [3.63, 3.8) is 0 Å². The Kier molecular flexibility index (Phi) is 7.32. The van der Waals surface area contributed by atoms with Crippen LogP contribution in [0.15, 0.2) is 0 Å². The molecule has 0 rings (SSSR count). The lowest BCUT2D eigenvalue weighted by molar-refractivity contribution is -0.121. The van der Waals surface area contributed by atoms with Crippen LogP contribution in [0.2, 0.25) is 0 Å². The third-order valence-electron chi connectivity index (χ3n) is 1.87. The number of amides is 1. The molecule has 0 aliphatic rings. The molecule has 82 valence electrons. The van der Waals surface area contributed by atoms with Gasteiger partial charge in [-0.2, -0.15) is 0 Å². The lowest BCUT2D eigenvalue weighted by atomic mass is 10.2. The Morgan fingerprint density at radius 3 is 2.71 bits per heavy atom. The molecule has 0 aromatic rings. The van der Waals surface area contributed by atoms with Gasteiger partial charge in [0.15, 0.2) is 0 Å². The third-order valence-corrected chi connectivity index (χ3v) is 2.08. The number of hydrogen-bond donors (Lipinski definition) is 2. The summed E-state index contributed by atoms with van der Waals surface area (Å²) in [4.78, 5) is 11.6. The summed E-state index contributed by atoms with van der Waals surface area (Å²) in [5.41, 5.74) is 5.28. The van der Waals surface area contributed by atoms with Gasteiger partial charge in [0.25, 0.3) is 0 Å². The Balaban J connectivity index is 3.41. The highest BCUT2D eigenvalue weighted by molar-refractivity contribution is 7.80. The van der Waals surface area contributed by atoms with Crippen LogP contribution in [-0.4, -0.2) is 30.7 Å². The first-order valence-electron chi connectivity index (χ1n) is 4.64. The molecule has 3 N–H and O–H groups in total. The van der Waals surface area contributed by atoms with Gasteiger partial charge in [-0.3, -0.25) is 4.79 Å². The van der Waals surface area contributed by atoms with Gasteiger partial charge in [0.2, 0.25) is 5.91 Å². The number of carbonyl (C=O) groups excluding carboxylic acids is 1. The van der Waals surface area contributed by atoms with Crippen LogP contribution in [0.3, 0.4) is 0 Å². The number of hydrogen-bond acceptors (Lipinski definition) is 3. The minimum atomic E-state index is 0.0187. The van der Waals surface area contributed by atoms with E-state index in [2.05, 4.69) is 17.5 Å². The molecule has 1 amide bonds. The van der Waals surface area contributed by atoms with Gasteiger partial charge >= 0.3 is 0 Å². The second kappa shape index (κ2) is 7.70. The van der Waals surface area contributed by atoms with Crippen LogP contribution in [0.5, 0.6) is 0 Å². The number of nitrogens with two attached hydrogens (primary N) is 1. The molecule has 0 saturated carbocycles. The minimum Gasteiger partial charge on any atom is -0.393 e. The van der Waals surface area contributed by atoms with E-state index in [4.69, 9.17) is 10.5 Å². The maximum atomic E-state index is 11.2. The van der Waals surface area contributed by atoms with Crippen LogP contribution in [0, 0.1) is 0 Å². The molecule has 1 unspecified atom stereocenters. The standard InChI is InChI=1S/C9H18N2O2S/c1-7(13-2)3-4-9(12)11-6-5-8(10)14/h7H,3-6H2,1-2H3,(H2,10,14)(H,11,12). The monoisotopic (exact) mass is 218 g/mol. The first-order chi connectivity index (χ1) is 6.56. The van der Waals surface area contributed by atoms with Crippen molar-refractivity contribution in [1.29, 1.82) is 0 Å². The molecule has 14 heavy (non-hydrogen) atoms. The summed E-state index contributed by atoms with van der Waals surface area (Å²) in [7, 11) is 1.63. The number of thiocarbonyl (C=S) groups is 1. The van der Waals surface area contributed by atoms with Gasteiger partial charge in [-0.15, -0.1) is 0 Å². The average Bonchev–Trinajstić information content (AvgIpc) is 2.13. The maximum absolute atomic E-state index is 11.2. The molecule has 0 spiro atoms. The predicted molar refractivity (Wildman–Crippen MR) is 60.1 cm³/mol. The fraction of sp³-hybridized carbons (Fsp3) is 0.778. The summed E-state index contributed by atoms with van der Waals surface area (Å²) in [5, 5.41) is 2.73. The molecule has 0 bridgehead atoms. The van der Waals surface area contributed by atoms with Gasteiger partial charge in [-0.1, -0.05) is 12.2 Å². The molecule has 0 fully saturated rings. The topological polar surface area (TPSA) is 64.3 Å². The zero-order chi connectivity index (χ0) is 11.0. The van der Waals surface area contributed by atoms with Gasteiger partial charge in [0.05, 0.1) is 11.1 Å². The summed E-state index contributed by atoms with van der Waals surface area (Å²) >= 11 is 4.68. The highest BCUT2D eigenvalue weighted by atomic mass is 32.1. The molecule has 0 aliphatic carbocycles. The van der Waals surface area contributed by atoms with Gasteiger partial charge in [0.1, 0.15) is 0 Å². The SMILES string of the molecule is COC(C)CCC(=O)NCCC(N)=S. The smallest absolute Gasteiger partial charge is 0.220 e. The van der Waals surface area contributed by atoms with Crippen LogP contribution >= 0.6 is 12.2 Å². The number of ether oxygens (including phenoxy) is 1. The molecule has 5 heteroatoms. The van der Waals surface area contributed by atoms with Crippen molar-refractivity contribution in [2.45, 2.75) is 32.3 Å². The summed E-state index contributed by atoms with van der Waals surface area (Å²) < 4.78 is 5.02. The molecule has 0 heterocycles. The molecule has 0 aromatic carbocycles. The highest BCUT2D eigenvalue weighted by Gasteiger charge is 2.04. The molecular formula is C9H18N2O2S. The van der Waals surface area contributed by atoms with Crippen molar-refractivity contribution in [3.05, 3.63) is 0 Å². The summed E-state index contributed by atoms with van der Waals surface area (Å²) in [6.45, 7) is 2.46. The van der Waals surface area contributed by atoms with E-state index < -0.39 is 0 Å². The lowest BCUT2D eigenvalue weighted by Gasteiger charge is -2.08. The first-order valence-corrected chi connectivity index (χ1v) is 5.05. The summed E-state index contributed by atoms with van der Waals surface area (Å²) in [6, 6.07) is 0. The number of rotatable bonds is 7. The zero-order valence-corrected chi connectivity index (χ0v) is 9.52. The van der Waals surface area contributed by atoms with E-state index in [1.807, 2.05) is 6.92 Å². The Bertz CT molecular complexity index is 197. The van der Waals surface area contributed by atoms with E-state index in [0.29, 0.717) is 24.4 Å². The van der Waals surface area contributed by atoms with Crippen LogP contribution < -0.4 is 11.1 Å². The molecule has 0 aromatic heterocycles. The number of nitrogens with one attached hydrogen (secondary N) is 1. The minimum absolute atomic E-state index is 0.0187. The number of methoxy groups -OCH3 is 1. The van der Waals surface area contributed by atoms with Crippen LogP contribution in [-0.2, 0) is 9.53 Å². The van der Waals surface area contributed by atoms with Crippen LogP contribution in [0.1, 0.15) is 26.2 Å². The predicted octanol–water partition coefficient (Wildman–Crippen LogP) is 0.594. The molecule has 0 saturated heterocycles. The molecule has 0 aliphatic heterocycles. The van der Waals surface area contributed by atoms with E-state index in [1.54, 1.807) is 7.11 Å². The maximum Gasteiger partial charge on any atom is 0.220 e. The Labute approximate surface area is 90.2 Å². The van der Waals surface area contributed by atoms with Gasteiger partial charge in [-0.05, 0) is 13.3 Å². The van der Waals surface area contributed by atoms with Gasteiger partial charge in [0, 0.05) is 26.5 Å². The first kappa shape index (κ1) is 13.3. The quantitative estimate of drug-likeness (QED) is 0.614. The third kappa shape index (κ3) is 7.94. The molecule has 1 atom stereocenters. The van der Waals surface area contributed by atoms with Crippen molar-refractivity contribution in [2.24, 2.45) is 5.73 Å². The fourth-order valence-electron chi connectivity index (χ4n) is 0.866. The van der Waals surface area contributed by atoms with Crippen LogP contribution in [0.4, 0.5) is 0 Å². The summed E-state index contributed by atoms with van der Waals surface area (Å²) in [5.74, 6) is 0.0187. The van der Waals surface area contributed by atoms with E-state index >= 15 is 0 Å². The zero-order valence-electron chi connectivity index (χ0n) is 8.71. The highest BCUT2D eigenvalue weighted by Crippen LogP contribution is 1.99. The second-order valence-electron chi connectivity index (χ2n) is 3.15. The Hall–Kier alpha value is -0.680. The van der Waals surface area contributed by atoms with Crippen molar-refractivity contribution >= 4 is 23.1 Å². The number of carbonyl (C=O) groups is 1. The van der Waals surface area contributed by atoms with Crippen molar-refractivity contribution < 1.29 is 9.53 Å². The van der Waals surface area contributed by atoms with E-state index in [1.165, 1.54) is 0 Å². The van der Waals surface area contributed by atoms with Gasteiger partial charge in [-0.25, -0.2) is 0 Å². The summed E-state index contributed by atoms with van der Waals surface area (Å²) in [6.07, 6.45) is 1.89. The largest absolute Gasteiger partial charge is 0.393 e. The molecule has 0 radical (unpaired) electrons. The van der Waals surface area contributed by atoms with Crippen molar-refractivity contribution in [2.75, 3.05) is 13.7 Å². The van der Waals surface area contributed by atoms with Crippen LogP contribution in [0.25, 0.3) is 0 Å². The fourth-order valence-corrected chi connectivity index (χ4v) is 0.968. The van der Waals surface area contributed by atoms with E-state index in [9.17, 15) is 4.79 Å². The average molecular weight is 218 g/mol. The van der Waals surface area contributed by atoms with E-state index in [-0.39, 0.29) is 12.0 Å². The Morgan fingerprint density at radius 2 is 2.21 bits per heavy atom.